The minimum absolute atomic E-state index is 0.00105. The van der Waals surface area contributed by atoms with Crippen molar-refractivity contribution >= 4 is 27.5 Å². The Kier molecular flexibility index (Phi) is 4.66. The zero-order chi connectivity index (χ0) is 14.8. The van der Waals surface area contributed by atoms with E-state index in [-0.39, 0.29) is 11.2 Å². The van der Waals surface area contributed by atoms with Crippen molar-refractivity contribution in [3.8, 4) is 0 Å². The first-order valence-electron chi connectivity index (χ1n) is 7.31. The molecule has 0 amide bonds. The van der Waals surface area contributed by atoms with Crippen LogP contribution < -0.4 is 0 Å². The minimum atomic E-state index is -0.187. The summed E-state index contributed by atoms with van der Waals surface area (Å²) in [5.74, 6) is 0.154. The van der Waals surface area contributed by atoms with E-state index in [1.165, 1.54) is 17.2 Å². The molecule has 0 saturated carbocycles. The zero-order valence-corrected chi connectivity index (χ0v) is 14.0. The number of halogens is 3. The van der Waals surface area contributed by atoms with E-state index in [0.717, 1.165) is 35.7 Å². The first kappa shape index (κ1) is 15.1. The van der Waals surface area contributed by atoms with Crippen LogP contribution in [0.2, 0.25) is 0 Å². The lowest BCUT2D eigenvalue weighted by atomic mass is 9.90. The standard InChI is InChI=1S/C18H17BrClF/c19-17-9-8-15(21)11-14(17)10-13-6-3-5-12-4-1-2-7-16(12)18(13)20/h1-2,4,7-9,11,13,18H,3,5-6,10H2. The van der Waals surface area contributed by atoms with Crippen molar-refractivity contribution in [1.82, 2.24) is 0 Å². The fraction of sp³-hybridized carbons (Fsp3) is 0.333. The molecule has 3 heteroatoms. The molecule has 2 atom stereocenters. The number of alkyl halides is 1. The molecule has 0 bridgehead atoms. The number of fused-ring (bicyclic) bond motifs is 1. The molecule has 0 nitrogen and oxygen atoms in total. The van der Waals surface area contributed by atoms with E-state index in [1.54, 1.807) is 12.1 Å². The average Bonchev–Trinajstić information content (AvgIpc) is 2.64. The Morgan fingerprint density at radius 2 is 2.00 bits per heavy atom. The van der Waals surface area contributed by atoms with Crippen LogP contribution in [0.3, 0.4) is 0 Å². The number of hydrogen-bond acceptors (Lipinski definition) is 0. The average molecular weight is 368 g/mol. The Balaban J connectivity index is 1.87. The van der Waals surface area contributed by atoms with Gasteiger partial charge in [-0.25, -0.2) is 4.39 Å². The van der Waals surface area contributed by atoms with Crippen LogP contribution in [-0.4, -0.2) is 0 Å². The van der Waals surface area contributed by atoms with Gasteiger partial charge in [-0.2, -0.15) is 0 Å². The van der Waals surface area contributed by atoms with Crippen LogP contribution in [0.5, 0.6) is 0 Å². The van der Waals surface area contributed by atoms with Gasteiger partial charge in [-0.15, -0.1) is 11.6 Å². The monoisotopic (exact) mass is 366 g/mol. The van der Waals surface area contributed by atoms with Crippen molar-refractivity contribution < 1.29 is 4.39 Å². The second-order valence-corrected chi connectivity index (χ2v) is 7.02. The van der Waals surface area contributed by atoms with E-state index in [0.29, 0.717) is 5.92 Å². The molecule has 0 radical (unpaired) electrons. The van der Waals surface area contributed by atoms with E-state index >= 15 is 0 Å². The van der Waals surface area contributed by atoms with Gasteiger partial charge in [-0.05, 0) is 66.5 Å². The zero-order valence-electron chi connectivity index (χ0n) is 11.7. The molecule has 0 heterocycles. The summed E-state index contributed by atoms with van der Waals surface area (Å²) in [6.07, 6.45) is 4.10. The predicted molar refractivity (Wildman–Crippen MR) is 89.3 cm³/mol. The van der Waals surface area contributed by atoms with Gasteiger partial charge in [0.1, 0.15) is 5.82 Å². The van der Waals surface area contributed by atoms with Gasteiger partial charge in [0, 0.05) is 4.47 Å². The van der Waals surface area contributed by atoms with Gasteiger partial charge in [-0.3, -0.25) is 0 Å². The molecule has 0 saturated heterocycles. The molecule has 21 heavy (non-hydrogen) atoms. The van der Waals surface area contributed by atoms with Crippen LogP contribution in [0.25, 0.3) is 0 Å². The Bertz CT molecular complexity index is 641. The van der Waals surface area contributed by atoms with Gasteiger partial charge in [-0.1, -0.05) is 40.2 Å². The molecule has 110 valence electrons. The molecule has 0 aromatic heterocycles. The normalized spacial score (nSPS) is 21.7. The third kappa shape index (κ3) is 3.32. The topological polar surface area (TPSA) is 0 Å². The predicted octanol–water partition coefficient (Wildman–Crippen LogP) is 6.06. The molecule has 1 aliphatic rings. The van der Waals surface area contributed by atoms with Crippen molar-refractivity contribution in [3.63, 3.8) is 0 Å². The van der Waals surface area contributed by atoms with Crippen molar-refractivity contribution in [2.75, 3.05) is 0 Å². The summed E-state index contributed by atoms with van der Waals surface area (Å²) < 4.78 is 14.4. The second kappa shape index (κ2) is 6.50. The summed E-state index contributed by atoms with van der Waals surface area (Å²) in [5, 5.41) is -0.00105. The Hall–Kier alpha value is -0.860. The summed E-state index contributed by atoms with van der Waals surface area (Å²) in [7, 11) is 0. The van der Waals surface area contributed by atoms with Gasteiger partial charge < -0.3 is 0 Å². The molecule has 3 rings (SSSR count). The second-order valence-electron chi connectivity index (χ2n) is 5.69. The fourth-order valence-electron chi connectivity index (χ4n) is 3.17. The molecule has 0 spiro atoms. The molecule has 2 unspecified atom stereocenters. The van der Waals surface area contributed by atoms with Crippen LogP contribution in [0, 0.1) is 11.7 Å². The lowest BCUT2D eigenvalue weighted by Gasteiger charge is -2.22. The molecule has 0 aliphatic heterocycles. The van der Waals surface area contributed by atoms with E-state index in [4.69, 9.17) is 11.6 Å². The Labute approximate surface area is 138 Å². The maximum atomic E-state index is 13.5. The van der Waals surface area contributed by atoms with Gasteiger partial charge in [0.25, 0.3) is 0 Å². The van der Waals surface area contributed by atoms with Crippen LogP contribution in [0.4, 0.5) is 4.39 Å². The lowest BCUT2D eigenvalue weighted by molar-refractivity contribution is 0.463. The molecular formula is C18H17BrClF. The first-order chi connectivity index (χ1) is 10.1. The molecule has 1 aliphatic carbocycles. The summed E-state index contributed by atoms with van der Waals surface area (Å²) in [6, 6.07) is 13.3. The smallest absolute Gasteiger partial charge is 0.123 e. The van der Waals surface area contributed by atoms with Crippen LogP contribution in [0.15, 0.2) is 46.9 Å². The van der Waals surface area contributed by atoms with E-state index < -0.39 is 0 Å². The van der Waals surface area contributed by atoms with Crippen molar-refractivity contribution in [2.24, 2.45) is 5.92 Å². The number of benzene rings is 2. The van der Waals surface area contributed by atoms with Gasteiger partial charge >= 0.3 is 0 Å². The maximum Gasteiger partial charge on any atom is 0.123 e. The fourth-order valence-corrected chi connectivity index (χ4v) is 4.01. The van der Waals surface area contributed by atoms with Gasteiger partial charge in [0.2, 0.25) is 0 Å². The summed E-state index contributed by atoms with van der Waals surface area (Å²) in [6.45, 7) is 0. The number of aryl methyl sites for hydroxylation is 1. The highest BCUT2D eigenvalue weighted by molar-refractivity contribution is 9.10. The molecule has 0 fully saturated rings. The minimum Gasteiger partial charge on any atom is -0.207 e. The van der Waals surface area contributed by atoms with Crippen molar-refractivity contribution in [2.45, 2.75) is 31.1 Å². The molecule has 0 N–H and O–H groups in total. The SMILES string of the molecule is Fc1ccc(Br)c(CC2CCCc3ccccc3C2Cl)c1. The first-order valence-corrected chi connectivity index (χ1v) is 8.54. The Morgan fingerprint density at radius 1 is 1.19 bits per heavy atom. The summed E-state index contributed by atoms with van der Waals surface area (Å²) in [4.78, 5) is 0. The third-order valence-electron chi connectivity index (χ3n) is 4.28. The third-order valence-corrected chi connectivity index (χ3v) is 5.64. The highest BCUT2D eigenvalue weighted by atomic mass is 79.9. The van der Waals surface area contributed by atoms with E-state index in [2.05, 4.69) is 40.2 Å². The van der Waals surface area contributed by atoms with E-state index in [1.807, 2.05) is 0 Å². The van der Waals surface area contributed by atoms with Crippen LogP contribution in [0.1, 0.15) is 34.9 Å². The van der Waals surface area contributed by atoms with Crippen molar-refractivity contribution in [3.05, 3.63) is 69.4 Å². The van der Waals surface area contributed by atoms with Gasteiger partial charge in [0.05, 0.1) is 5.38 Å². The summed E-state index contributed by atoms with van der Waals surface area (Å²) >= 11 is 10.3. The number of hydrogen-bond donors (Lipinski definition) is 0. The lowest BCUT2D eigenvalue weighted by Crippen LogP contribution is -2.11. The molecule has 2 aromatic rings. The van der Waals surface area contributed by atoms with E-state index in [9.17, 15) is 4.39 Å². The largest absolute Gasteiger partial charge is 0.207 e. The highest BCUT2D eigenvalue weighted by Gasteiger charge is 2.26. The number of rotatable bonds is 2. The quantitative estimate of drug-likeness (QED) is 0.447. The van der Waals surface area contributed by atoms with Crippen molar-refractivity contribution in [1.29, 1.82) is 0 Å². The van der Waals surface area contributed by atoms with Crippen LogP contribution >= 0.6 is 27.5 Å². The summed E-state index contributed by atoms with van der Waals surface area (Å²) in [5.41, 5.74) is 3.61. The molecular weight excluding hydrogens is 351 g/mol. The molecule has 2 aromatic carbocycles. The van der Waals surface area contributed by atoms with Crippen LogP contribution in [-0.2, 0) is 12.8 Å². The highest BCUT2D eigenvalue weighted by Crippen LogP contribution is 2.40. The van der Waals surface area contributed by atoms with Gasteiger partial charge in [0.15, 0.2) is 0 Å². The Morgan fingerprint density at radius 3 is 2.86 bits per heavy atom. The maximum absolute atomic E-state index is 13.5.